The molecule has 4 aromatic rings. The van der Waals surface area contributed by atoms with Gasteiger partial charge in [-0.2, -0.15) is 4.98 Å². The van der Waals surface area contributed by atoms with Crippen molar-refractivity contribution in [3.05, 3.63) is 93.8 Å². The van der Waals surface area contributed by atoms with E-state index in [4.69, 9.17) is 33.2 Å². The molecule has 2 aromatic heterocycles. The Morgan fingerprint density at radius 2 is 2.07 bits per heavy atom. The summed E-state index contributed by atoms with van der Waals surface area (Å²) in [6, 6.07) is 13.5. The molecular weight excluding hydrogens is 593 g/mol. The first-order chi connectivity index (χ1) is 21.6. The zero-order valence-electron chi connectivity index (χ0n) is 25.6. The Hall–Kier alpha value is -3.99. The highest BCUT2D eigenvalue weighted by molar-refractivity contribution is 6.31. The Kier molecular flexibility index (Phi) is 10.4. The van der Waals surface area contributed by atoms with Crippen molar-refractivity contribution < 1.29 is 9.13 Å². The van der Waals surface area contributed by atoms with E-state index in [1.54, 1.807) is 24.4 Å². The van der Waals surface area contributed by atoms with Crippen molar-refractivity contribution in [3.8, 4) is 16.9 Å². The maximum atomic E-state index is 15.2. The number of rotatable bonds is 12. The highest BCUT2D eigenvalue weighted by Gasteiger charge is 2.30. The number of hydrogen-bond acceptors (Lipinski definition) is 6. The van der Waals surface area contributed by atoms with Gasteiger partial charge in [-0.05, 0) is 93.3 Å². The van der Waals surface area contributed by atoms with Gasteiger partial charge in [-0.15, -0.1) is 6.58 Å². The minimum absolute atomic E-state index is 0.0508. The van der Waals surface area contributed by atoms with Crippen LogP contribution in [-0.2, 0) is 11.2 Å². The van der Waals surface area contributed by atoms with Crippen LogP contribution >= 0.6 is 11.6 Å². The first-order valence-electron chi connectivity index (χ1n) is 15.4. The molecule has 0 radical (unpaired) electrons. The van der Waals surface area contributed by atoms with Crippen molar-refractivity contribution in [2.75, 3.05) is 13.2 Å². The molecule has 1 fully saturated rings. The summed E-state index contributed by atoms with van der Waals surface area (Å²) in [5.41, 5.74) is 14.8. The van der Waals surface area contributed by atoms with Crippen molar-refractivity contribution >= 4 is 28.7 Å². The van der Waals surface area contributed by atoms with Gasteiger partial charge in [0.1, 0.15) is 5.65 Å². The number of halogens is 2. The number of H-pyrrole nitrogens is 1. The van der Waals surface area contributed by atoms with Crippen molar-refractivity contribution in [1.82, 2.24) is 19.4 Å². The van der Waals surface area contributed by atoms with E-state index in [0.29, 0.717) is 34.6 Å². The lowest BCUT2D eigenvalue weighted by Gasteiger charge is -2.42. The lowest BCUT2D eigenvalue weighted by atomic mass is 9.89. The third-order valence-electron chi connectivity index (χ3n) is 8.50. The number of aromatic amines is 1. The number of ether oxygens (including phenoxy) is 1. The summed E-state index contributed by atoms with van der Waals surface area (Å²) < 4.78 is 21.9. The van der Waals surface area contributed by atoms with Crippen LogP contribution < -0.4 is 17.2 Å². The fourth-order valence-corrected chi connectivity index (χ4v) is 6.57. The van der Waals surface area contributed by atoms with Crippen molar-refractivity contribution in [1.29, 1.82) is 5.41 Å². The molecule has 6 N–H and O–H groups in total. The van der Waals surface area contributed by atoms with Gasteiger partial charge >= 0.3 is 5.69 Å². The van der Waals surface area contributed by atoms with Gasteiger partial charge in [0.05, 0.1) is 23.0 Å². The topological polar surface area (TPSA) is 139 Å². The Bertz CT molecular complexity index is 1720. The molecule has 0 saturated carbocycles. The first-order valence-corrected chi connectivity index (χ1v) is 15.8. The summed E-state index contributed by atoms with van der Waals surface area (Å²) in [6.45, 7) is 7.06. The van der Waals surface area contributed by atoms with Crippen LogP contribution in [0.4, 0.5) is 4.39 Å². The van der Waals surface area contributed by atoms with Crippen LogP contribution in [0.5, 0.6) is 0 Å². The summed E-state index contributed by atoms with van der Waals surface area (Å²) in [7, 11) is 0. The number of nitrogens with zero attached hydrogens (tertiary/aromatic N) is 3. The monoisotopic (exact) mass is 633 g/mol. The number of piperidine rings is 1. The zero-order chi connectivity index (χ0) is 32.1. The summed E-state index contributed by atoms with van der Waals surface area (Å²) in [5.74, 6) is -0.521. The molecule has 1 aliphatic rings. The van der Waals surface area contributed by atoms with Crippen LogP contribution in [0, 0.1) is 11.2 Å². The Morgan fingerprint density at radius 1 is 1.29 bits per heavy atom. The average molecular weight is 634 g/mol. The minimum Gasteiger partial charge on any atom is -0.466 e. The number of likely N-dealkylation sites (tertiary alicyclic amines) is 1. The summed E-state index contributed by atoms with van der Waals surface area (Å²) in [4.78, 5) is 22.9. The number of aromatic nitrogens is 3. The van der Waals surface area contributed by atoms with E-state index in [2.05, 4.69) is 33.6 Å². The Labute approximate surface area is 267 Å². The molecular formula is C34H41ClFN7O2. The predicted molar refractivity (Wildman–Crippen MR) is 178 cm³/mol. The fraction of sp³-hybridized carbons (Fsp3) is 0.382. The summed E-state index contributed by atoms with van der Waals surface area (Å²) in [5, 5.41) is 8.06. The number of fused-ring (bicyclic) bond motifs is 1. The molecule has 45 heavy (non-hydrogen) atoms. The second-order valence-corrected chi connectivity index (χ2v) is 12.3. The number of benzene rings is 2. The van der Waals surface area contributed by atoms with Crippen molar-refractivity contribution in [3.63, 3.8) is 0 Å². The Morgan fingerprint density at radius 3 is 2.78 bits per heavy atom. The summed E-state index contributed by atoms with van der Waals surface area (Å²) >= 11 is 6.27. The van der Waals surface area contributed by atoms with Gasteiger partial charge in [0.15, 0.2) is 5.82 Å². The van der Waals surface area contributed by atoms with Crippen LogP contribution in [0.15, 0.2) is 66.1 Å². The molecule has 2 aromatic carbocycles. The standard InChI is InChI=1S/C34H41ClFN7O2/c1-3-15-42-25(14-16-45-33(38)39)8-5-9-30(42)23-10-12-26(13-11-23)43-20-24-19-29(40-32(24)41-34(43)44)27-17-22(7-4-6-21(2)37)18-28(35)31(27)36/h3,10-13,17-21,25,30H,1,4-9,14-16,37H2,2H3,(H3,38,39)(H,40,41,44)/t21-,25-,30-/m0/s1. The minimum atomic E-state index is -0.521. The van der Waals surface area contributed by atoms with E-state index < -0.39 is 11.5 Å². The smallest absolute Gasteiger partial charge is 0.354 e. The third-order valence-corrected chi connectivity index (χ3v) is 8.78. The van der Waals surface area contributed by atoms with Crippen LogP contribution in [-0.4, -0.2) is 50.7 Å². The molecule has 0 spiro atoms. The number of nitrogens with two attached hydrogens (primary N) is 2. The van der Waals surface area contributed by atoms with Crippen LogP contribution in [0.2, 0.25) is 5.02 Å². The molecule has 0 bridgehead atoms. The maximum Gasteiger partial charge on any atom is 0.354 e. The number of nitrogens with one attached hydrogen (secondary N) is 2. The average Bonchev–Trinajstić information content (AvgIpc) is 3.41. The van der Waals surface area contributed by atoms with Crippen molar-refractivity contribution in [2.45, 2.75) is 70.0 Å². The molecule has 1 saturated heterocycles. The number of aryl methyl sites for hydroxylation is 1. The SMILES string of the molecule is C=CCN1[C@H](CCOC(=N)N)CCC[C@H]1c1ccc(-n2cc3cc(-c4cc(CCC[C@H](C)N)cc(Cl)c4F)[nH]c3nc2=O)cc1. The highest BCUT2D eigenvalue weighted by Crippen LogP contribution is 2.36. The molecule has 5 rings (SSSR count). The molecule has 238 valence electrons. The van der Waals surface area contributed by atoms with E-state index in [9.17, 15) is 4.79 Å². The maximum absolute atomic E-state index is 15.2. The second-order valence-electron chi connectivity index (χ2n) is 11.9. The van der Waals surface area contributed by atoms with E-state index in [0.717, 1.165) is 62.6 Å². The first kappa shape index (κ1) is 32.4. The van der Waals surface area contributed by atoms with Gasteiger partial charge in [-0.1, -0.05) is 29.8 Å². The van der Waals surface area contributed by atoms with Crippen LogP contribution in [0.3, 0.4) is 0 Å². The largest absolute Gasteiger partial charge is 0.466 e. The molecule has 3 atom stereocenters. The molecule has 1 aliphatic heterocycles. The van der Waals surface area contributed by atoms with Gasteiger partial charge in [-0.3, -0.25) is 14.9 Å². The lowest BCUT2D eigenvalue weighted by molar-refractivity contribution is 0.0783. The quantitative estimate of drug-likeness (QED) is 0.0829. The normalized spacial score (nSPS) is 17.8. The van der Waals surface area contributed by atoms with Crippen LogP contribution in [0.25, 0.3) is 28.0 Å². The lowest BCUT2D eigenvalue weighted by Crippen LogP contribution is -2.42. The number of amidine groups is 1. The van der Waals surface area contributed by atoms with E-state index in [1.165, 1.54) is 4.57 Å². The van der Waals surface area contributed by atoms with Gasteiger partial charge in [0.2, 0.25) is 0 Å². The molecule has 11 heteroatoms. The number of hydrogen-bond donors (Lipinski definition) is 4. The van der Waals surface area contributed by atoms with Gasteiger partial charge in [0, 0.05) is 41.8 Å². The van der Waals surface area contributed by atoms with E-state index >= 15 is 4.39 Å². The van der Waals surface area contributed by atoms with Crippen molar-refractivity contribution in [2.24, 2.45) is 11.5 Å². The Balaban J connectivity index is 1.39. The molecule has 0 aliphatic carbocycles. The molecule has 0 unspecified atom stereocenters. The highest BCUT2D eigenvalue weighted by atomic mass is 35.5. The van der Waals surface area contributed by atoms with Gasteiger partial charge < -0.3 is 21.2 Å². The van der Waals surface area contributed by atoms with Crippen LogP contribution in [0.1, 0.15) is 62.6 Å². The fourth-order valence-electron chi connectivity index (χ4n) is 6.33. The zero-order valence-corrected chi connectivity index (χ0v) is 26.3. The second kappa shape index (κ2) is 14.4. The molecule has 9 nitrogen and oxygen atoms in total. The molecule has 3 heterocycles. The van der Waals surface area contributed by atoms with Gasteiger partial charge in [-0.25, -0.2) is 9.18 Å². The third kappa shape index (κ3) is 7.64. The van der Waals surface area contributed by atoms with Gasteiger partial charge in [0.25, 0.3) is 6.02 Å². The summed E-state index contributed by atoms with van der Waals surface area (Å²) in [6.07, 6.45) is 9.99. The van der Waals surface area contributed by atoms with E-state index in [1.807, 2.05) is 25.1 Å². The molecule has 0 amide bonds. The van der Waals surface area contributed by atoms with E-state index in [-0.39, 0.29) is 29.2 Å². The predicted octanol–water partition coefficient (Wildman–Crippen LogP) is 6.22.